The number of halogens is 3. The van der Waals surface area contributed by atoms with Crippen LogP contribution in [0.15, 0.2) is 36.4 Å². The molecule has 0 saturated heterocycles. The Morgan fingerprint density at radius 1 is 1.05 bits per heavy atom. The van der Waals surface area contributed by atoms with E-state index in [0.29, 0.717) is 26.6 Å². The van der Waals surface area contributed by atoms with Crippen LogP contribution >= 0.6 is 34.8 Å². The molecule has 0 aliphatic heterocycles. The van der Waals surface area contributed by atoms with Crippen LogP contribution in [0.3, 0.4) is 0 Å². The van der Waals surface area contributed by atoms with Crippen LogP contribution in [0, 0.1) is 6.92 Å². The van der Waals surface area contributed by atoms with Gasteiger partial charge in [0.2, 0.25) is 0 Å². The quantitative estimate of drug-likeness (QED) is 0.581. The zero-order valence-corrected chi connectivity index (χ0v) is 13.3. The van der Waals surface area contributed by atoms with Crippen molar-refractivity contribution in [3.8, 4) is 11.5 Å². The van der Waals surface area contributed by atoms with Crippen molar-refractivity contribution in [1.29, 1.82) is 0 Å². The summed E-state index contributed by atoms with van der Waals surface area (Å²) in [6.07, 6.45) is 0. The molecule has 0 heterocycles. The number of rotatable bonds is 4. The summed E-state index contributed by atoms with van der Waals surface area (Å²) in [4.78, 5) is 11.7. The van der Waals surface area contributed by atoms with E-state index in [9.17, 15) is 4.79 Å². The summed E-state index contributed by atoms with van der Waals surface area (Å²) in [6.45, 7) is 1.59. The fraction of sp³-hybridized carbons (Fsp3) is 0.133. The van der Waals surface area contributed by atoms with Gasteiger partial charge in [0.1, 0.15) is 11.5 Å². The van der Waals surface area contributed by atoms with Crippen LogP contribution in [0.25, 0.3) is 0 Å². The Morgan fingerprint density at radius 3 is 2.48 bits per heavy atom. The summed E-state index contributed by atoms with van der Waals surface area (Å²) in [5, 5.41) is 1.35. The molecule has 0 N–H and O–H groups in total. The van der Waals surface area contributed by atoms with E-state index in [0.717, 1.165) is 5.56 Å². The fourth-order valence-corrected chi connectivity index (χ4v) is 2.16. The summed E-state index contributed by atoms with van der Waals surface area (Å²) >= 11 is 17.7. The van der Waals surface area contributed by atoms with E-state index < -0.39 is 5.97 Å². The minimum absolute atomic E-state index is 0.271. The number of esters is 1. The SMILES string of the molecule is Cc1ccc(OC(=O)COc2ccc(Cl)cc2Cl)cc1Cl. The fourth-order valence-electron chi connectivity index (χ4n) is 1.53. The standard InChI is InChI=1S/C15H11Cl3O3/c1-9-2-4-11(7-12(9)17)21-15(19)8-20-14-5-3-10(16)6-13(14)18/h2-7H,8H2,1H3. The molecule has 2 aromatic carbocycles. The van der Waals surface area contributed by atoms with E-state index >= 15 is 0 Å². The van der Waals surface area contributed by atoms with Crippen molar-refractivity contribution in [2.75, 3.05) is 6.61 Å². The molecule has 21 heavy (non-hydrogen) atoms. The second-order valence-corrected chi connectivity index (χ2v) is 5.50. The monoisotopic (exact) mass is 344 g/mol. The van der Waals surface area contributed by atoms with Gasteiger partial charge in [-0.05, 0) is 42.8 Å². The van der Waals surface area contributed by atoms with E-state index in [1.54, 1.807) is 30.3 Å². The Hall–Kier alpha value is -1.42. The number of ether oxygens (including phenoxy) is 2. The van der Waals surface area contributed by atoms with Gasteiger partial charge in [-0.2, -0.15) is 0 Å². The lowest BCUT2D eigenvalue weighted by Crippen LogP contribution is -2.17. The second-order valence-electron chi connectivity index (χ2n) is 4.25. The number of carbonyl (C=O) groups is 1. The molecule has 0 saturated carbocycles. The van der Waals surface area contributed by atoms with Crippen molar-refractivity contribution in [1.82, 2.24) is 0 Å². The highest BCUT2D eigenvalue weighted by molar-refractivity contribution is 6.35. The van der Waals surface area contributed by atoms with E-state index in [1.165, 1.54) is 6.07 Å². The number of hydrogen-bond donors (Lipinski definition) is 0. The van der Waals surface area contributed by atoms with Crippen molar-refractivity contribution >= 4 is 40.8 Å². The van der Waals surface area contributed by atoms with Crippen LogP contribution in [0.4, 0.5) is 0 Å². The number of carbonyl (C=O) groups excluding carboxylic acids is 1. The summed E-state index contributed by atoms with van der Waals surface area (Å²) in [5.41, 5.74) is 0.903. The Balaban J connectivity index is 1.94. The minimum Gasteiger partial charge on any atom is -0.480 e. The highest BCUT2D eigenvalue weighted by Gasteiger charge is 2.09. The van der Waals surface area contributed by atoms with E-state index in [4.69, 9.17) is 44.3 Å². The van der Waals surface area contributed by atoms with Gasteiger partial charge in [0, 0.05) is 10.0 Å². The summed E-state index contributed by atoms with van der Waals surface area (Å²) in [5.74, 6) is 0.169. The lowest BCUT2D eigenvalue weighted by atomic mass is 10.2. The first-order chi connectivity index (χ1) is 9.95. The van der Waals surface area contributed by atoms with Crippen molar-refractivity contribution in [3.05, 3.63) is 57.0 Å². The molecule has 0 aliphatic carbocycles. The Kier molecular flexibility index (Phi) is 5.34. The maximum Gasteiger partial charge on any atom is 0.349 e. The molecule has 0 bridgehead atoms. The van der Waals surface area contributed by atoms with Gasteiger partial charge in [0.15, 0.2) is 6.61 Å². The molecule has 3 nitrogen and oxygen atoms in total. The maximum absolute atomic E-state index is 11.7. The Labute approximate surface area is 137 Å². The molecule has 2 aromatic rings. The van der Waals surface area contributed by atoms with Gasteiger partial charge >= 0.3 is 5.97 Å². The molecule has 110 valence electrons. The minimum atomic E-state index is -0.555. The van der Waals surface area contributed by atoms with Crippen LogP contribution in [-0.2, 0) is 4.79 Å². The van der Waals surface area contributed by atoms with E-state index in [-0.39, 0.29) is 6.61 Å². The average molecular weight is 346 g/mol. The second kappa shape index (κ2) is 7.03. The molecule has 0 aliphatic rings. The zero-order chi connectivity index (χ0) is 15.4. The van der Waals surface area contributed by atoms with Crippen LogP contribution in [0.2, 0.25) is 15.1 Å². The van der Waals surface area contributed by atoms with Crippen LogP contribution < -0.4 is 9.47 Å². The van der Waals surface area contributed by atoms with Crippen molar-refractivity contribution in [2.45, 2.75) is 6.92 Å². The third-order valence-electron chi connectivity index (χ3n) is 2.61. The summed E-state index contributed by atoms with van der Waals surface area (Å²) < 4.78 is 10.4. The molecule has 0 amide bonds. The average Bonchev–Trinajstić information content (AvgIpc) is 2.42. The van der Waals surface area contributed by atoms with E-state index in [1.807, 2.05) is 6.92 Å². The molecule has 6 heteroatoms. The first kappa shape index (κ1) is 16.0. The van der Waals surface area contributed by atoms with Gasteiger partial charge in [0.05, 0.1) is 5.02 Å². The Bertz CT molecular complexity index is 671. The molecule has 0 radical (unpaired) electrons. The molecular weight excluding hydrogens is 335 g/mol. The first-order valence-corrected chi connectivity index (χ1v) is 7.14. The Morgan fingerprint density at radius 2 is 1.81 bits per heavy atom. The van der Waals surface area contributed by atoms with Crippen molar-refractivity contribution in [2.24, 2.45) is 0 Å². The maximum atomic E-state index is 11.7. The van der Waals surface area contributed by atoms with Crippen molar-refractivity contribution in [3.63, 3.8) is 0 Å². The van der Waals surface area contributed by atoms with Gasteiger partial charge in [-0.25, -0.2) is 4.79 Å². The molecule has 0 unspecified atom stereocenters. The highest BCUT2D eigenvalue weighted by Crippen LogP contribution is 2.27. The van der Waals surface area contributed by atoms with Gasteiger partial charge < -0.3 is 9.47 Å². The molecule has 0 aromatic heterocycles. The van der Waals surface area contributed by atoms with Gasteiger partial charge in [0.25, 0.3) is 0 Å². The predicted molar refractivity (Wildman–Crippen MR) is 83.8 cm³/mol. The smallest absolute Gasteiger partial charge is 0.349 e. The summed E-state index contributed by atoms with van der Waals surface area (Å²) in [7, 11) is 0. The third kappa shape index (κ3) is 4.53. The molecular formula is C15H11Cl3O3. The molecule has 0 spiro atoms. The van der Waals surface area contributed by atoms with E-state index in [2.05, 4.69) is 0 Å². The normalized spacial score (nSPS) is 10.3. The van der Waals surface area contributed by atoms with Gasteiger partial charge in [-0.3, -0.25) is 0 Å². The number of aryl methyl sites for hydroxylation is 1. The number of hydrogen-bond acceptors (Lipinski definition) is 3. The van der Waals surface area contributed by atoms with Crippen molar-refractivity contribution < 1.29 is 14.3 Å². The molecule has 2 rings (SSSR count). The number of benzene rings is 2. The topological polar surface area (TPSA) is 35.5 Å². The third-order valence-corrected chi connectivity index (χ3v) is 3.55. The van der Waals surface area contributed by atoms with Crippen LogP contribution in [-0.4, -0.2) is 12.6 Å². The first-order valence-electron chi connectivity index (χ1n) is 6.00. The highest BCUT2D eigenvalue weighted by atomic mass is 35.5. The predicted octanol–water partition coefficient (Wildman–Crippen LogP) is 4.94. The summed E-state index contributed by atoms with van der Waals surface area (Å²) in [6, 6.07) is 9.73. The van der Waals surface area contributed by atoms with Gasteiger partial charge in [-0.1, -0.05) is 40.9 Å². The van der Waals surface area contributed by atoms with Crippen LogP contribution in [0.5, 0.6) is 11.5 Å². The largest absolute Gasteiger partial charge is 0.480 e. The lowest BCUT2D eigenvalue weighted by Gasteiger charge is -2.09. The molecule has 0 atom stereocenters. The lowest BCUT2D eigenvalue weighted by molar-refractivity contribution is -0.136. The van der Waals surface area contributed by atoms with Crippen LogP contribution in [0.1, 0.15) is 5.56 Å². The zero-order valence-electron chi connectivity index (χ0n) is 11.0. The molecule has 0 fully saturated rings. The van der Waals surface area contributed by atoms with Gasteiger partial charge in [-0.15, -0.1) is 0 Å².